The predicted molar refractivity (Wildman–Crippen MR) is 46.4 cm³/mol. The maximum atomic E-state index is 13.3. The molecule has 0 amide bonds. The summed E-state index contributed by atoms with van der Waals surface area (Å²) in [6.45, 7) is 0. The Morgan fingerprint density at radius 1 is 0.650 bits per heavy atom. The summed E-state index contributed by atoms with van der Waals surface area (Å²) < 4.78 is 113. The summed E-state index contributed by atoms with van der Waals surface area (Å²) in [5, 5.41) is 10.6. The summed E-state index contributed by atoms with van der Waals surface area (Å²) in [6.07, 6.45) is -6.86. The maximum Gasteiger partial charge on any atom is 0.460 e. The first kappa shape index (κ1) is 16.4. The molecule has 0 aliphatic rings. The molecule has 0 saturated heterocycles. The van der Waals surface area contributed by atoms with Crippen LogP contribution in [0.3, 0.4) is 0 Å². The number of benzene rings is 1. The van der Waals surface area contributed by atoms with Crippen molar-refractivity contribution >= 4 is 0 Å². The van der Waals surface area contributed by atoms with Gasteiger partial charge in [-0.1, -0.05) is 0 Å². The van der Waals surface area contributed by atoms with Crippen LogP contribution >= 0.6 is 0 Å². The van der Waals surface area contributed by atoms with Gasteiger partial charge in [0, 0.05) is 5.56 Å². The van der Waals surface area contributed by atoms with Crippen LogP contribution in [0.25, 0.3) is 0 Å². The van der Waals surface area contributed by atoms with Crippen LogP contribution in [0.15, 0.2) is 24.3 Å². The highest BCUT2D eigenvalue weighted by molar-refractivity contribution is 5.30. The van der Waals surface area contributed by atoms with E-state index in [9.17, 15) is 44.6 Å². The highest BCUT2D eigenvalue weighted by Gasteiger charge is 2.81. The van der Waals surface area contributed by atoms with E-state index in [-0.39, 0.29) is 12.1 Å². The normalized spacial score (nSPS) is 14.4. The minimum atomic E-state index is -6.94. The fourth-order valence-corrected chi connectivity index (χ4v) is 1.22. The largest absolute Gasteiger partial charge is 0.460 e. The van der Waals surface area contributed by atoms with Gasteiger partial charge in [0.1, 0.15) is 0 Å². The molecule has 0 aromatic heterocycles. The number of alkyl halides is 9. The Labute approximate surface area is 105 Å². The average Bonchev–Trinajstić information content (AvgIpc) is 2.27. The van der Waals surface area contributed by atoms with Gasteiger partial charge in [-0.3, -0.25) is 5.11 Å². The van der Waals surface area contributed by atoms with Crippen LogP contribution in [-0.4, -0.2) is 18.0 Å². The molecule has 0 saturated carbocycles. The minimum Gasteiger partial charge on any atom is -0.290 e. The highest BCUT2D eigenvalue weighted by atomic mass is 19.4. The van der Waals surface area contributed by atoms with Crippen molar-refractivity contribution in [2.75, 3.05) is 0 Å². The van der Waals surface area contributed by atoms with Gasteiger partial charge in [0.2, 0.25) is 0 Å². The van der Waals surface area contributed by atoms with Crippen LogP contribution in [0.2, 0.25) is 0 Å². The first-order valence-corrected chi connectivity index (χ1v) is 4.73. The second kappa shape index (κ2) is 4.45. The molecule has 0 bridgehead atoms. The predicted octanol–water partition coefficient (Wildman–Crippen LogP) is 4.76. The molecule has 1 rings (SSSR count). The average molecular weight is 311 g/mol. The third-order valence-corrected chi connectivity index (χ3v) is 2.36. The Hall–Kier alpha value is -1.61. The van der Waals surface area contributed by atoms with Crippen LogP contribution in [0.4, 0.5) is 39.5 Å². The summed E-state index contributed by atoms with van der Waals surface area (Å²) in [6, 6.07) is 0.793. The summed E-state index contributed by atoms with van der Waals surface area (Å²) >= 11 is 0. The Kier molecular flexibility index (Phi) is 3.66. The molecule has 1 aromatic rings. The zero-order chi connectivity index (χ0) is 16.0. The SMILES string of the molecule is [O]c1ccc(C(F)(F)C(F)(F)C(F)(F)C(F)(F)F)cc1. The lowest BCUT2D eigenvalue weighted by Gasteiger charge is -2.33. The standard InChI is InChI=1S/C10H4F9O/c11-7(12,5-1-3-6(20)4-2-5)8(13,14)9(15,16)10(17,18)19/h1-4H. The summed E-state index contributed by atoms with van der Waals surface area (Å²) in [4.78, 5) is 0. The van der Waals surface area contributed by atoms with E-state index in [1.165, 1.54) is 0 Å². The van der Waals surface area contributed by atoms with Gasteiger partial charge in [0.25, 0.3) is 0 Å². The van der Waals surface area contributed by atoms with Crippen molar-refractivity contribution in [1.82, 2.24) is 0 Å². The third kappa shape index (κ3) is 2.27. The Morgan fingerprint density at radius 3 is 1.40 bits per heavy atom. The van der Waals surface area contributed by atoms with Gasteiger partial charge >= 0.3 is 23.9 Å². The molecule has 0 heterocycles. The third-order valence-electron chi connectivity index (χ3n) is 2.36. The van der Waals surface area contributed by atoms with E-state index in [2.05, 4.69) is 0 Å². The number of rotatable bonds is 3. The molecule has 0 aliphatic carbocycles. The number of hydrogen-bond acceptors (Lipinski definition) is 0. The van der Waals surface area contributed by atoms with Crippen molar-refractivity contribution in [3.8, 4) is 5.75 Å². The second-order valence-corrected chi connectivity index (χ2v) is 3.75. The molecule has 0 spiro atoms. The van der Waals surface area contributed by atoms with Crippen molar-refractivity contribution in [3.05, 3.63) is 29.8 Å². The lowest BCUT2D eigenvalue weighted by atomic mass is 9.97. The van der Waals surface area contributed by atoms with Gasteiger partial charge in [-0.15, -0.1) is 0 Å². The van der Waals surface area contributed by atoms with Crippen LogP contribution < -0.4 is 0 Å². The van der Waals surface area contributed by atoms with E-state index >= 15 is 0 Å². The number of halogens is 9. The second-order valence-electron chi connectivity index (χ2n) is 3.75. The molecule has 0 aliphatic heterocycles. The van der Waals surface area contributed by atoms with Crippen LogP contribution in [0.1, 0.15) is 5.56 Å². The molecule has 1 nitrogen and oxygen atoms in total. The van der Waals surface area contributed by atoms with Gasteiger partial charge in [-0.2, -0.15) is 39.5 Å². The molecule has 0 unspecified atom stereocenters. The van der Waals surface area contributed by atoms with Crippen LogP contribution in [0, 0.1) is 0 Å². The van der Waals surface area contributed by atoms with Crippen molar-refractivity contribution in [1.29, 1.82) is 0 Å². The summed E-state index contributed by atoms with van der Waals surface area (Å²) in [5.74, 6) is -20.4. The fraction of sp³-hybridized carbons (Fsp3) is 0.400. The number of hydrogen-bond donors (Lipinski definition) is 0. The monoisotopic (exact) mass is 311 g/mol. The molecular formula is C10H4F9O. The smallest absolute Gasteiger partial charge is 0.290 e. The van der Waals surface area contributed by atoms with Crippen molar-refractivity contribution in [3.63, 3.8) is 0 Å². The van der Waals surface area contributed by atoms with E-state index in [1.54, 1.807) is 0 Å². The van der Waals surface area contributed by atoms with Gasteiger partial charge in [-0.05, 0) is 24.3 Å². The first-order valence-electron chi connectivity index (χ1n) is 4.73. The lowest BCUT2D eigenvalue weighted by molar-refractivity contribution is -0.399. The summed E-state index contributed by atoms with van der Waals surface area (Å²) in [7, 11) is 0. The fourth-order valence-electron chi connectivity index (χ4n) is 1.22. The van der Waals surface area contributed by atoms with E-state index in [0.717, 1.165) is 0 Å². The van der Waals surface area contributed by atoms with Crippen molar-refractivity contribution in [2.24, 2.45) is 0 Å². The van der Waals surface area contributed by atoms with Gasteiger partial charge in [-0.25, -0.2) is 0 Å². The lowest BCUT2D eigenvalue weighted by Crippen LogP contribution is -2.59. The molecule has 0 fully saturated rings. The minimum absolute atomic E-state index is 0.0582. The van der Waals surface area contributed by atoms with E-state index < -0.39 is 35.3 Å². The molecule has 1 radical (unpaired) electrons. The molecule has 0 N–H and O–H groups in total. The van der Waals surface area contributed by atoms with Gasteiger partial charge < -0.3 is 0 Å². The zero-order valence-corrected chi connectivity index (χ0v) is 9.12. The molecule has 113 valence electrons. The molecule has 10 heteroatoms. The van der Waals surface area contributed by atoms with Gasteiger partial charge in [0.15, 0.2) is 5.75 Å². The molecule has 1 aromatic carbocycles. The van der Waals surface area contributed by atoms with Crippen molar-refractivity contribution < 1.29 is 44.6 Å². The Balaban J connectivity index is 3.35. The highest BCUT2D eigenvalue weighted by Crippen LogP contribution is 2.56. The molecular weight excluding hydrogens is 307 g/mol. The zero-order valence-electron chi connectivity index (χ0n) is 9.12. The van der Waals surface area contributed by atoms with E-state index in [4.69, 9.17) is 0 Å². The van der Waals surface area contributed by atoms with Gasteiger partial charge in [0.05, 0.1) is 0 Å². The van der Waals surface area contributed by atoms with E-state index in [1.807, 2.05) is 0 Å². The quantitative estimate of drug-likeness (QED) is 0.718. The topological polar surface area (TPSA) is 19.9 Å². The Bertz CT molecular complexity index is 474. The van der Waals surface area contributed by atoms with Crippen molar-refractivity contribution in [2.45, 2.75) is 23.9 Å². The van der Waals surface area contributed by atoms with Crippen LogP contribution in [-0.2, 0) is 11.0 Å². The Morgan fingerprint density at radius 2 is 1.05 bits per heavy atom. The first-order chi connectivity index (χ1) is 8.75. The van der Waals surface area contributed by atoms with Crippen LogP contribution in [0.5, 0.6) is 5.75 Å². The maximum absolute atomic E-state index is 13.3. The van der Waals surface area contributed by atoms with E-state index in [0.29, 0.717) is 12.1 Å². The summed E-state index contributed by atoms with van der Waals surface area (Å²) in [5.41, 5.74) is -1.83. The molecule has 0 atom stereocenters. The molecule has 20 heavy (non-hydrogen) atoms.